The minimum absolute atomic E-state index is 0.0450. The zero-order chi connectivity index (χ0) is 15.9. The van der Waals surface area contributed by atoms with Crippen LogP contribution in [0.2, 0.25) is 5.02 Å². The lowest BCUT2D eigenvalue weighted by Gasteiger charge is -2.02. The standard InChI is InChI=1S/C16H11ClN2O3/c17-10-4-5-11-12(7-10)19-14(13(11)18)15(20)8-2-1-3-9(6-8)16(21)22/h1-7,19H,18H2,(H,21,22). The molecule has 1 aromatic heterocycles. The van der Waals surface area contributed by atoms with Gasteiger partial charge in [-0.1, -0.05) is 23.7 Å². The number of hydrogen-bond acceptors (Lipinski definition) is 3. The fourth-order valence-corrected chi connectivity index (χ4v) is 2.48. The average molecular weight is 315 g/mol. The lowest BCUT2D eigenvalue weighted by Crippen LogP contribution is -2.06. The maximum absolute atomic E-state index is 12.6. The van der Waals surface area contributed by atoms with Crippen LogP contribution in [0.5, 0.6) is 0 Å². The molecule has 0 saturated heterocycles. The molecule has 3 rings (SSSR count). The summed E-state index contributed by atoms with van der Waals surface area (Å²) < 4.78 is 0. The number of benzene rings is 2. The molecule has 110 valence electrons. The van der Waals surface area contributed by atoms with E-state index in [2.05, 4.69) is 4.98 Å². The van der Waals surface area contributed by atoms with Crippen LogP contribution in [0, 0.1) is 0 Å². The maximum Gasteiger partial charge on any atom is 0.335 e. The van der Waals surface area contributed by atoms with Crippen molar-refractivity contribution in [1.82, 2.24) is 4.98 Å². The number of H-pyrrole nitrogens is 1. The quantitative estimate of drug-likeness (QED) is 0.646. The molecular formula is C16H11ClN2O3. The van der Waals surface area contributed by atoms with Crippen LogP contribution in [0.25, 0.3) is 10.9 Å². The van der Waals surface area contributed by atoms with Crippen LogP contribution < -0.4 is 5.73 Å². The summed E-state index contributed by atoms with van der Waals surface area (Å²) in [5, 5.41) is 10.2. The third kappa shape index (κ3) is 2.31. The molecule has 0 aliphatic carbocycles. The number of nitrogens with two attached hydrogens (primary N) is 1. The SMILES string of the molecule is Nc1c(C(=O)c2cccc(C(=O)O)c2)[nH]c2cc(Cl)ccc12. The molecule has 0 fully saturated rings. The summed E-state index contributed by atoms with van der Waals surface area (Å²) in [6.07, 6.45) is 0. The van der Waals surface area contributed by atoms with E-state index in [-0.39, 0.29) is 22.6 Å². The molecule has 0 bridgehead atoms. The number of carbonyl (C=O) groups is 2. The first-order valence-corrected chi connectivity index (χ1v) is 6.80. The van der Waals surface area contributed by atoms with Crippen molar-refractivity contribution >= 4 is 39.9 Å². The molecule has 1 heterocycles. The monoisotopic (exact) mass is 314 g/mol. The predicted molar refractivity (Wildman–Crippen MR) is 84.6 cm³/mol. The van der Waals surface area contributed by atoms with Crippen LogP contribution in [0.4, 0.5) is 5.69 Å². The highest BCUT2D eigenvalue weighted by Crippen LogP contribution is 2.28. The first-order valence-electron chi connectivity index (χ1n) is 6.42. The molecule has 2 aromatic carbocycles. The number of aromatic amines is 1. The maximum atomic E-state index is 12.6. The van der Waals surface area contributed by atoms with Gasteiger partial charge in [0.05, 0.1) is 11.3 Å². The molecule has 0 unspecified atom stereocenters. The molecular weight excluding hydrogens is 304 g/mol. The smallest absolute Gasteiger partial charge is 0.335 e. The van der Waals surface area contributed by atoms with Gasteiger partial charge >= 0.3 is 5.97 Å². The van der Waals surface area contributed by atoms with Gasteiger partial charge in [0.15, 0.2) is 0 Å². The van der Waals surface area contributed by atoms with Gasteiger partial charge in [0.2, 0.25) is 5.78 Å². The van der Waals surface area contributed by atoms with E-state index in [9.17, 15) is 9.59 Å². The molecule has 0 atom stereocenters. The van der Waals surface area contributed by atoms with Crippen LogP contribution in [-0.2, 0) is 0 Å². The van der Waals surface area contributed by atoms with Crippen LogP contribution in [0.15, 0.2) is 42.5 Å². The summed E-state index contributed by atoms with van der Waals surface area (Å²) >= 11 is 5.92. The Morgan fingerprint density at radius 3 is 2.55 bits per heavy atom. The van der Waals surface area contributed by atoms with Crippen LogP contribution >= 0.6 is 11.6 Å². The normalized spacial score (nSPS) is 10.8. The topological polar surface area (TPSA) is 96.2 Å². The van der Waals surface area contributed by atoms with Gasteiger partial charge in [0.25, 0.3) is 0 Å². The Balaban J connectivity index is 2.11. The molecule has 0 radical (unpaired) electrons. The second-order valence-electron chi connectivity index (χ2n) is 4.82. The summed E-state index contributed by atoms with van der Waals surface area (Å²) in [4.78, 5) is 26.5. The number of aromatic carboxylic acids is 1. The highest BCUT2D eigenvalue weighted by molar-refractivity contribution is 6.31. The number of hydrogen-bond donors (Lipinski definition) is 3. The molecule has 0 amide bonds. The van der Waals surface area contributed by atoms with Gasteiger partial charge in [0.1, 0.15) is 5.69 Å². The summed E-state index contributed by atoms with van der Waals surface area (Å²) in [7, 11) is 0. The van der Waals surface area contributed by atoms with E-state index in [4.69, 9.17) is 22.4 Å². The molecule has 0 aliphatic heterocycles. The third-order valence-electron chi connectivity index (χ3n) is 3.40. The number of carboxylic acid groups (broad SMARTS) is 1. The molecule has 0 saturated carbocycles. The van der Waals surface area contributed by atoms with Gasteiger partial charge in [-0.05, 0) is 30.3 Å². The second kappa shape index (κ2) is 5.20. The Labute approximate surface area is 130 Å². The van der Waals surface area contributed by atoms with E-state index in [0.29, 0.717) is 21.6 Å². The van der Waals surface area contributed by atoms with Crippen molar-refractivity contribution in [2.24, 2.45) is 0 Å². The van der Waals surface area contributed by atoms with Gasteiger partial charge in [-0.2, -0.15) is 0 Å². The first kappa shape index (κ1) is 14.2. The molecule has 4 N–H and O–H groups in total. The van der Waals surface area contributed by atoms with E-state index in [1.54, 1.807) is 24.3 Å². The van der Waals surface area contributed by atoms with E-state index in [1.807, 2.05) is 0 Å². The van der Waals surface area contributed by atoms with Gasteiger partial charge in [-0.15, -0.1) is 0 Å². The van der Waals surface area contributed by atoms with Crippen molar-refractivity contribution in [3.63, 3.8) is 0 Å². The zero-order valence-electron chi connectivity index (χ0n) is 11.3. The van der Waals surface area contributed by atoms with Gasteiger partial charge in [0, 0.05) is 21.5 Å². The number of anilines is 1. The molecule has 22 heavy (non-hydrogen) atoms. The van der Waals surface area contributed by atoms with Gasteiger partial charge in [-0.3, -0.25) is 4.79 Å². The van der Waals surface area contributed by atoms with E-state index in [1.165, 1.54) is 18.2 Å². The Morgan fingerprint density at radius 2 is 1.82 bits per heavy atom. The number of carbonyl (C=O) groups excluding carboxylic acids is 1. The van der Waals surface area contributed by atoms with Crippen molar-refractivity contribution in [3.05, 3.63) is 64.3 Å². The number of rotatable bonds is 3. The lowest BCUT2D eigenvalue weighted by atomic mass is 10.0. The predicted octanol–water partition coefficient (Wildman–Crippen LogP) is 3.33. The minimum Gasteiger partial charge on any atom is -0.478 e. The summed E-state index contributed by atoms with van der Waals surface area (Å²) in [5.41, 5.74) is 7.51. The number of nitrogens with one attached hydrogen (secondary N) is 1. The third-order valence-corrected chi connectivity index (χ3v) is 3.63. The Bertz CT molecular complexity index is 915. The van der Waals surface area contributed by atoms with Crippen molar-refractivity contribution in [2.75, 3.05) is 5.73 Å². The Hall–Kier alpha value is -2.79. The lowest BCUT2D eigenvalue weighted by molar-refractivity contribution is 0.0697. The van der Waals surface area contributed by atoms with Crippen molar-refractivity contribution in [1.29, 1.82) is 0 Å². The molecule has 5 nitrogen and oxygen atoms in total. The van der Waals surface area contributed by atoms with E-state index < -0.39 is 5.97 Å². The number of ketones is 1. The molecule has 0 aliphatic rings. The van der Waals surface area contributed by atoms with Crippen LogP contribution in [0.1, 0.15) is 26.4 Å². The highest BCUT2D eigenvalue weighted by atomic mass is 35.5. The van der Waals surface area contributed by atoms with Crippen LogP contribution in [-0.4, -0.2) is 21.8 Å². The molecule has 0 spiro atoms. The Kier molecular flexibility index (Phi) is 3.35. The first-order chi connectivity index (χ1) is 10.5. The minimum atomic E-state index is -1.09. The summed E-state index contributed by atoms with van der Waals surface area (Å²) in [6, 6.07) is 10.9. The number of aromatic nitrogens is 1. The average Bonchev–Trinajstić information content (AvgIpc) is 2.83. The number of carboxylic acids is 1. The van der Waals surface area contributed by atoms with Crippen LogP contribution in [0.3, 0.4) is 0 Å². The van der Waals surface area contributed by atoms with E-state index in [0.717, 1.165) is 0 Å². The van der Waals surface area contributed by atoms with Gasteiger partial charge in [-0.25, -0.2) is 4.79 Å². The largest absolute Gasteiger partial charge is 0.478 e. The second-order valence-corrected chi connectivity index (χ2v) is 5.26. The zero-order valence-corrected chi connectivity index (χ0v) is 12.0. The van der Waals surface area contributed by atoms with E-state index >= 15 is 0 Å². The Morgan fingerprint density at radius 1 is 1.09 bits per heavy atom. The fourth-order valence-electron chi connectivity index (χ4n) is 2.31. The fraction of sp³-hybridized carbons (Fsp3) is 0. The number of fused-ring (bicyclic) bond motifs is 1. The van der Waals surface area contributed by atoms with Crippen molar-refractivity contribution < 1.29 is 14.7 Å². The van der Waals surface area contributed by atoms with Crippen molar-refractivity contribution in [3.8, 4) is 0 Å². The molecule has 6 heteroatoms. The summed E-state index contributed by atoms with van der Waals surface area (Å²) in [5.74, 6) is -1.46. The molecule has 3 aromatic rings. The number of halogens is 1. The summed E-state index contributed by atoms with van der Waals surface area (Å²) in [6.45, 7) is 0. The number of nitrogen functional groups attached to an aromatic ring is 1. The van der Waals surface area contributed by atoms with Gasteiger partial charge < -0.3 is 15.8 Å². The van der Waals surface area contributed by atoms with Crippen molar-refractivity contribution in [2.45, 2.75) is 0 Å². The highest BCUT2D eigenvalue weighted by Gasteiger charge is 2.18.